The number of carbonyl (C=O) groups is 1. The molecule has 0 saturated heterocycles. The standard InChI is InChI=1S/C16H8BrClN2O4/c17-10-3-1-2-9(6-10)7-14-16(21)24-15(19-14)12-8-11(20(22)23)4-5-13(12)18/h1-8H/b14-7-. The lowest BCUT2D eigenvalue weighted by Crippen LogP contribution is -2.06. The van der Waals surface area contributed by atoms with Gasteiger partial charge in [-0.05, 0) is 29.8 Å². The third-order valence-electron chi connectivity index (χ3n) is 3.16. The Morgan fingerprint density at radius 2 is 2.04 bits per heavy atom. The minimum absolute atomic E-state index is 0.0602. The van der Waals surface area contributed by atoms with E-state index >= 15 is 0 Å². The fraction of sp³-hybridized carbons (Fsp3) is 0. The number of benzene rings is 2. The number of halogens is 2. The van der Waals surface area contributed by atoms with Crippen LogP contribution in [0.5, 0.6) is 0 Å². The highest BCUT2D eigenvalue weighted by atomic mass is 79.9. The summed E-state index contributed by atoms with van der Waals surface area (Å²) in [5.74, 6) is -0.706. The van der Waals surface area contributed by atoms with Crippen molar-refractivity contribution in [3.05, 3.63) is 78.9 Å². The average Bonchev–Trinajstić information content (AvgIpc) is 2.88. The summed E-state index contributed by atoms with van der Waals surface area (Å²) in [7, 11) is 0. The molecule has 0 amide bonds. The van der Waals surface area contributed by atoms with Gasteiger partial charge < -0.3 is 4.74 Å². The van der Waals surface area contributed by atoms with Crippen LogP contribution in [0.4, 0.5) is 5.69 Å². The number of aliphatic imine (C=N–C) groups is 1. The molecule has 3 rings (SSSR count). The minimum atomic E-state index is -0.646. The van der Waals surface area contributed by atoms with Crippen molar-refractivity contribution in [2.75, 3.05) is 0 Å². The maximum Gasteiger partial charge on any atom is 0.363 e. The van der Waals surface area contributed by atoms with Crippen molar-refractivity contribution in [2.45, 2.75) is 0 Å². The Balaban J connectivity index is 2.01. The van der Waals surface area contributed by atoms with Crippen LogP contribution in [0.2, 0.25) is 5.02 Å². The van der Waals surface area contributed by atoms with Crippen LogP contribution < -0.4 is 0 Å². The van der Waals surface area contributed by atoms with Crippen LogP contribution in [0.25, 0.3) is 6.08 Å². The molecule has 1 heterocycles. The van der Waals surface area contributed by atoms with Gasteiger partial charge in [0.05, 0.1) is 15.5 Å². The largest absolute Gasteiger partial charge is 0.402 e. The van der Waals surface area contributed by atoms with Gasteiger partial charge >= 0.3 is 5.97 Å². The molecule has 0 aliphatic carbocycles. The van der Waals surface area contributed by atoms with Crippen LogP contribution in [-0.4, -0.2) is 16.8 Å². The summed E-state index contributed by atoms with van der Waals surface area (Å²) in [5, 5.41) is 11.1. The van der Waals surface area contributed by atoms with Crippen molar-refractivity contribution in [1.29, 1.82) is 0 Å². The van der Waals surface area contributed by atoms with Crippen LogP contribution >= 0.6 is 27.5 Å². The fourth-order valence-corrected chi connectivity index (χ4v) is 2.68. The Bertz CT molecular complexity index is 924. The third kappa shape index (κ3) is 3.37. The zero-order valence-electron chi connectivity index (χ0n) is 11.9. The van der Waals surface area contributed by atoms with E-state index < -0.39 is 10.9 Å². The van der Waals surface area contributed by atoms with E-state index in [1.165, 1.54) is 18.2 Å². The molecular formula is C16H8BrClN2O4. The number of nitro benzene ring substituents is 1. The highest BCUT2D eigenvalue weighted by Gasteiger charge is 2.27. The Kier molecular flexibility index (Phi) is 4.46. The van der Waals surface area contributed by atoms with Gasteiger partial charge in [-0.1, -0.05) is 39.7 Å². The number of hydrogen-bond acceptors (Lipinski definition) is 5. The number of non-ortho nitro benzene ring substituents is 1. The molecule has 0 spiro atoms. The number of nitro groups is 1. The number of rotatable bonds is 3. The first-order chi connectivity index (χ1) is 11.4. The summed E-state index contributed by atoms with van der Waals surface area (Å²) in [4.78, 5) is 26.4. The minimum Gasteiger partial charge on any atom is -0.402 e. The van der Waals surface area contributed by atoms with Gasteiger partial charge in [-0.2, -0.15) is 0 Å². The quantitative estimate of drug-likeness (QED) is 0.328. The molecule has 0 bridgehead atoms. The zero-order valence-corrected chi connectivity index (χ0v) is 14.2. The molecule has 2 aromatic carbocycles. The van der Waals surface area contributed by atoms with E-state index in [2.05, 4.69) is 20.9 Å². The Hall–Kier alpha value is -2.51. The molecule has 120 valence electrons. The molecule has 0 radical (unpaired) electrons. The van der Waals surface area contributed by atoms with Gasteiger partial charge in [-0.15, -0.1) is 0 Å². The normalized spacial score (nSPS) is 15.3. The SMILES string of the molecule is O=C1OC(c2cc([N+](=O)[O-])ccc2Cl)=N/C1=C\c1cccc(Br)c1. The van der Waals surface area contributed by atoms with Crippen molar-refractivity contribution in [2.24, 2.45) is 4.99 Å². The van der Waals surface area contributed by atoms with Crippen molar-refractivity contribution in [1.82, 2.24) is 0 Å². The van der Waals surface area contributed by atoms with Crippen molar-refractivity contribution in [3.8, 4) is 0 Å². The van der Waals surface area contributed by atoms with Crippen LogP contribution in [0.3, 0.4) is 0 Å². The molecule has 24 heavy (non-hydrogen) atoms. The van der Waals surface area contributed by atoms with Gasteiger partial charge in [0.15, 0.2) is 5.70 Å². The predicted octanol–water partition coefficient (Wildman–Crippen LogP) is 4.36. The molecule has 0 saturated carbocycles. The molecule has 1 aliphatic heterocycles. The van der Waals surface area contributed by atoms with E-state index in [1.54, 1.807) is 12.1 Å². The maximum atomic E-state index is 12.0. The summed E-state index contributed by atoms with van der Waals surface area (Å²) in [6.45, 7) is 0. The van der Waals surface area contributed by atoms with E-state index in [1.807, 2.05) is 18.2 Å². The van der Waals surface area contributed by atoms with Gasteiger partial charge in [0, 0.05) is 16.6 Å². The molecule has 6 nitrogen and oxygen atoms in total. The topological polar surface area (TPSA) is 81.8 Å². The predicted molar refractivity (Wildman–Crippen MR) is 92.9 cm³/mol. The molecule has 8 heteroatoms. The Labute approximate surface area is 149 Å². The van der Waals surface area contributed by atoms with Gasteiger partial charge in [0.1, 0.15) is 0 Å². The Morgan fingerprint density at radius 1 is 1.25 bits per heavy atom. The van der Waals surface area contributed by atoms with Crippen LogP contribution in [0, 0.1) is 10.1 Å². The van der Waals surface area contributed by atoms with Gasteiger partial charge in [0.25, 0.3) is 5.69 Å². The number of nitrogens with zero attached hydrogens (tertiary/aromatic N) is 2. The second kappa shape index (κ2) is 6.54. The first kappa shape index (κ1) is 16.4. The highest BCUT2D eigenvalue weighted by Crippen LogP contribution is 2.27. The smallest absolute Gasteiger partial charge is 0.363 e. The number of hydrogen-bond donors (Lipinski definition) is 0. The molecule has 0 unspecified atom stereocenters. The van der Waals surface area contributed by atoms with E-state index in [0.717, 1.165) is 10.0 Å². The van der Waals surface area contributed by atoms with E-state index in [4.69, 9.17) is 16.3 Å². The van der Waals surface area contributed by atoms with Gasteiger partial charge in [0.2, 0.25) is 5.90 Å². The van der Waals surface area contributed by atoms with Crippen molar-refractivity contribution in [3.63, 3.8) is 0 Å². The molecule has 2 aromatic rings. The lowest BCUT2D eigenvalue weighted by Gasteiger charge is -2.02. The molecule has 1 aliphatic rings. The average molecular weight is 408 g/mol. The van der Waals surface area contributed by atoms with Crippen LogP contribution in [0.15, 0.2) is 57.6 Å². The molecule has 0 atom stereocenters. The first-order valence-corrected chi connectivity index (χ1v) is 7.83. The molecule has 0 aromatic heterocycles. The molecule has 0 fully saturated rings. The monoisotopic (exact) mass is 406 g/mol. The number of cyclic esters (lactones) is 1. The van der Waals surface area contributed by atoms with Crippen LogP contribution in [0.1, 0.15) is 11.1 Å². The Morgan fingerprint density at radius 3 is 2.75 bits per heavy atom. The molecule has 0 N–H and O–H groups in total. The summed E-state index contributed by atoms with van der Waals surface area (Å²) >= 11 is 9.38. The van der Waals surface area contributed by atoms with Crippen molar-refractivity contribution >= 4 is 51.2 Å². The lowest BCUT2D eigenvalue weighted by atomic mass is 10.2. The summed E-state index contributed by atoms with van der Waals surface area (Å²) in [5.41, 5.74) is 0.867. The lowest BCUT2D eigenvalue weighted by molar-refractivity contribution is -0.384. The highest BCUT2D eigenvalue weighted by molar-refractivity contribution is 9.10. The van der Waals surface area contributed by atoms with E-state index in [0.29, 0.717) is 0 Å². The first-order valence-electron chi connectivity index (χ1n) is 6.66. The summed E-state index contributed by atoms with van der Waals surface area (Å²) < 4.78 is 5.96. The second-order valence-corrected chi connectivity index (χ2v) is 6.14. The maximum absolute atomic E-state index is 12.0. The third-order valence-corrected chi connectivity index (χ3v) is 3.99. The molecular weight excluding hydrogens is 400 g/mol. The van der Waals surface area contributed by atoms with Crippen molar-refractivity contribution < 1.29 is 14.5 Å². The fourth-order valence-electron chi connectivity index (χ4n) is 2.07. The number of esters is 1. The van der Waals surface area contributed by atoms with Gasteiger partial charge in [-0.3, -0.25) is 10.1 Å². The number of ether oxygens (including phenoxy) is 1. The van der Waals surface area contributed by atoms with E-state index in [-0.39, 0.29) is 27.9 Å². The van der Waals surface area contributed by atoms with Crippen LogP contribution in [-0.2, 0) is 9.53 Å². The summed E-state index contributed by atoms with van der Waals surface area (Å²) in [6, 6.07) is 11.1. The zero-order chi connectivity index (χ0) is 17.3. The number of carbonyl (C=O) groups excluding carboxylic acids is 1. The van der Waals surface area contributed by atoms with Gasteiger partial charge in [-0.25, -0.2) is 9.79 Å². The summed E-state index contributed by atoms with van der Waals surface area (Å²) in [6.07, 6.45) is 1.56. The second-order valence-electron chi connectivity index (χ2n) is 4.81. The van der Waals surface area contributed by atoms with E-state index in [9.17, 15) is 14.9 Å².